The van der Waals surface area contributed by atoms with E-state index in [9.17, 15) is 37.9 Å². The first-order chi connectivity index (χ1) is 36.8. The fourth-order valence-corrected chi connectivity index (χ4v) is 12.5. The Morgan fingerprint density at radius 3 is 1.06 bits per heavy atom. The smallest absolute Gasteiger partial charge is 0.433 e. The lowest BCUT2D eigenvalue weighted by Gasteiger charge is -2.43. The highest BCUT2D eigenvalue weighted by atomic mass is 35.5. The summed E-state index contributed by atoms with van der Waals surface area (Å²) in [5, 5.41) is 1.22. The lowest BCUT2D eigenvalue weighted by molar-refractivity contribution is -0.134. The maximum absolute atomic E-state index is 13.1. The van der Waals surface area contributed by atoms with E-state index in [0.29, 0.717) is 76.7 Å². The molecule has 26 heteroatoms. The predicted molar refractivity (Wildman–Crippen MR) is 310 cm³/mol. The maximum atomic E-state index is 13.1. The van der Waals surface area contributed by atoms with Crippen LogP contribution in [-0.4, -0.2) is 112 Å². The number of alkyl halides is 1. The van der Waals surface area contributed by atoms with Crippen molar-refractivity contribution in [3.8, 4) is 0 Å². The first-order valence-corrected chi connectivity index (χ1v) is 30.0. The van der Waals surface area contributed by atoms with E-state index < -0.39 is 75.3 Å². The minimum Gasteiger partial charge on any atom is -0.433 e. The van der Waals surface area contributed by atoms with Crippen LogP contribution in [0.4, 0.5) is 14.4 Å². The number of hydrogen-bond acceptors (Lipinski definition) is 15. The second-order valence-electron chi connectivity index (χ2n) is 20.8. The van der Waals surface area contributed by atoms with E-state index in [1.54, 1.807) is 115 Å². The number of likely N-dealkylation sites (N-methyl/N-ethyl adjacent to an activating group) is 3. The van der Waals surface area contributed by atoms with E-state index in [0.717, 1.165) is 37.0 Å². The second-order valence-corrected chi connectivity index (χ2v) is 25.0. The zero-order chi connectivity index (χ0) is 59.2. The lowest BCUT2D eigenvalue weighted by Crippen LogP contribution is -2.54. The van der Waals surface area contributed by atoms with Crippen molar-refractivity contribution in [3.63, 3.8) is 0 Å². The van der Waals surface area contributed by atoms with Gasteiger partial charge in [-0.05, 0) is 118 Å². The van der Waals surface area contributed by atoms with E-state index >= 15 is 0 Å². The van der Waals surface area contributed by atoms with Crippen LogP contribution in [0.1, 0.15) is 150 Å². The quantitative estimate of drug-likeness (QED) is 0.0621. The average Bonchev–Trinajstić information content (AvgIpc) is 3.53. The van der Waals surface area contributed by atoms with Gasteiger partial charge in [-0.3, -0.25) is 38.1 Å². The summed E-state index contributed by atoms with van der Waals surface area (Å²) in [6.45, 7) is 8.62. The van der Waals surface area contributed by atoms with Crippen molar-refractivity contribution in [2.75, 3.05) is 40.8 Å². The van der Waals surface area contributed by atoms with Gasteiger partial charge < -0.3 is 24.0 Å². The SMILES string of the molecule is C.C.CN(C(=O)OCCl)C1(c2ccccc2Cl)CCCCC1=O.CN(C(=O)OCOP(=O)(O)O)C1(c2ccccc2Cl)CCCCC1=O.CN(C(=O)OCOP(=O)(OC(C)(C)C)OC(C)(C)C)C1(c2ccccc2Cl)CCCCC1=O. The van der Waals surface area contributed by atoms with Crippen molar-refractivity contribution >= 4 is 97.7 Å². The molecule has 0 spiro atoms. The van der Waals surface area contributed by atoms with E-state index in [1.165, 1.54) is 23.9 Å². The van der Waals surface area contributed by atoms with Crippen LogP contribution in [0.5, 0.6) is 0 Å². The molecule has 0 heterocycles. The normalized spacial score (nSPS) is 20.3. The van der Waals surface area contributed by atoms with Gasteiger partial charge in [0.1, 0.15) is 16.6 Å². The zero-order valence-corrected chi connectivity index (χ0v) is 50.6. The van der Waals surface area contributed by atoms with Gasteiger partial charge in [0.15, 0.2) is 23.4 Å². The summed E-state index contributed by atoms with van der Waals surface area (Å²) >= 11 is 24.4. The fraction of sp³-hybridized carbons (Fsp3) is 0.564. The number of benzene rings is 3. The minimum absolute atomic E-state index is 0. The topological polar surface area (TPSA) is 251 Å². The standard InChI is InChI=1S/C23H35ClNO7P.C15H17Cl2NO3.C15H19ClNO7P.2CH4/c1-21(2,3)31-33(28,32-22(4,5)6)30-16-29-20(27)25(7)23(15-11-10-14-19(23)26)17-12-8-9-13-18(17)24;1-18(14(20)21-10-16)15(9-5-4-8-13(15)19)11-6-2-3-7-12(11)17;1-17(14(19)23-10-24-25(20,21)22)15(9-5-4-8-13(15)18)11-6-2-3-7-12(11)16;;/h8-9,12-13H,10-11,14-16H2,1-7H3;2-3,6-7H,4-5,8-10H2,1H3;2-3,6-7H,4-5,8-10H2,1H3,(H2,20,21,22);2*1H4. The van der Waals surface area contributed by atoms with Crippen molar-refractivity contribution in [2.24, 2.45) is 0 Å². The number of Topliss-reactive ketones (excluding diaryl/α,β-unsaturated/α-hetero) is 3. The molecular formula is C55H79Cl4N3O17P2. The van der Waals surface area contributed by atoms with Gasteiger partial charge in [0.25, 0.3) is 0 Å². The molecule has 3 aliphatic carbocycles. The molecule has 3 aromatic carbocycles. The Morgan fingerprint density at radius 1 is 0.519 bits per heavy atom. The molecular weight excluding hydrogens is 1180 g/mol. The first kappa shape index (κ1) is 73.0. The third-order valence-electron chi connectivity index (χ3n) is 13.2. The minimum atomic E-state index is -4.76. The Morgan fingerprint density at radius 2 is 0.802 bits per heavy atom. The number of ether oxygens (including phenoxy) is 3. The summed E-state index contributed by atoms with van der Waals surface area (Å²) in [6.07, 6.45) is 4.57. The van der Waals surface area contributed by atoms with Gasteiger partial charge in [-0.1, -0.05) is 116 Å². The molecule has 3 amide bonds. The molecule has 454 valence electrons. The molecule has 81 heavy (non-hydrogen) atoms. The molecule has 3 fully saturated rings. The number of phosphoric ester groups is 2. The van der Waals surface area contributed by atoms with Gasteiger partial charge in [-0.25, -0.2) is 32.6 Å². The number of carbonyl (C=O) groups is 6. The molecule has 6 rings (SSSR count). The summed E-state index contributed by atoms with van der Waals surface area (Å²) < 4.78 is 59.1. The highest BCUT2D eigenvalue weighted by Crippen LogP contribution is 2.55. The fourth-order valence-electron chi connectivity index (χ4n) is 9.72. The number of hydrogen-bond donors (Lipinski definition) is 2. The van der Waals surface area contributed by atoms with E-state index in [1.807, 2.05) is 6.07 Å². The molecule has 3 saturated carbocycles. The zero-order valence-electron chi connectivity index (χ0n) is 45.8. The molecule has 0 bridgehead atoms. The highest BCUT2D eigenvalue weighted by molar-refractivity contribution is 7.48. The maximum Gasteiger partial charge on any atom is 0.478 e. The largest absolute Gasteiger partial charge is 0.478 e. The number of rotatable bonds is 15. The molecule has 2 N–H and O–H groups in total. The molecule has 0 aliphatic heterocycles. The summed E-state index contributed by atoms with van der Waals surface area (Å²) in [6, 6.07) is 20.6. The summed E-state index contributed by atoms with van der Waals surface area (Å²) in [5.41, 5.74) is -3.57. The molecule has 3 unspecified atom stereocenters. The van der Waals surface area contributed by atoms with Crippen molar-refractivity contribution in [1.82, 2.24) is 14.7 Å². The van der Waals surface area contributed by atoms with E-state index in [-0.39, 0.29) is 38.3 Å². The van der Waals surface area contributed by atoms with Gasteiger partial charge in [-0.2, -0.15) is 0 Å². The van der Waals surface area contributed by atoms with Crippen LogP contribution >= 0.6 is 62.0 Å². The van der Waals surface area contributed by atoms with Gasteiger partial charge in [-0.15, -0.1) is 0 Å². The van der Waals surface area contributed by atoms with E-state index in [4.69, 9.17) is 84.0 Å². The Kier molecular flexibility index (Phi) is 28.0. The second kappa shape index (κ2) is 31.1. The van der Waals surface area contributed by atoms with Crippen molar-refractivity contribution in [3.05, 3.63) is 105 Å². The third kappa shape index (κ3) is 18.9. The third-order valence-corrected chi connectivity index (χ3v) is 16.7. The van der Waals surface area contributed by atoms with Crippen molar-refractivity contribution < 1.29 is 80.0 Å². The molecule has 0 radical (unpaired) electrons. The van der Waals surface area contributed by atoms with Crippen molar-refractivity contribution in [1.29, 1.82) is 0 Å². The van der Waals surface area contributed by atoms with Crippen LogP contribution < -0.4 is 0 Å². The average molecular weight is 1260 g/mol. The Hall–Kier alpha value is -4.14. The molecule has 0 aromatic heterocycles. The number of ketones is 3. The van der Waals surface area contributed by atoms with Crippen molar-refractivity contribution in [2.45, 2.75) is 161 Å². The molecule has 0 saturated heterocycles. The van der Waals surface area contributed by atoms with Crippen LogP contribution in [-0.2, 0) is 72.4 Å². The Labute approximate surface area is 496 Å². The number of carbonyl (C=O) groups excluding carboxylic acids is 6. The Bertz CT molecular complexity index is 2720. The summed E-state index contributed by atoms with van der Waals surface area (Å²) in [5.74, 6) is -0.293. The van der Waals surface area contributed by atoms with Crippen LogP contribution in [0.3, 0.4) is 0 Å². The molecule has 3 aromatic rings. The van der Waals surface area contributed by atoms with Gasteiger partial charge in [0.2, 0.25) is 13.6 Å². The van der Waals surface area contributed by atoms with Crippen LogP contribution in [0.15, 0.2) is 72.8 Å². The summed E-state index contributed by atoms with van der Waals surface area (Å²) in [7, 11) is -4.38. The number of halogens is 4. The number of amides is 3. The van der Waals surface area contributed by atoms with Crippen LogP contribution in [0, 0.1) is 0 Å². The van der Waals surface area contributed by atoms with Gasteiger partial charge in [0, 0.05) is 72.2 Å². The van der Waals surface area contributed by atoms with Gasteiger partial charge in [0.05, 0.1) is 11.2 Å². The monoisotopic (exact) mass is 1260 g/mol. The molecule has 20 nitrogen and oxygen atoms in total. The van der Waals surface area contributed by atoms with Gasteiger partial charge >= 0.3 is 33.9 Å². The van der Waals surface area contributed by atoms with Crippen LogP contribution in [0.2, 0.25) is 15.1 Å². The Balaban J connectivity index is 0.000000421. The highest BCUT2D eigenvalue weighted by Gasteiger charge is 2.51. The number of nitrogens with zero attached hydrogens (tertiary/aromatic N) is 3. The molecule has 3 aliphatic rings. The van der Waals surface area contributed by atoms with Crippen LogP contribution in [0.25, 0.3) is 0 Å². The lowest BCUT2D eigenvalue weighted by atomic mass is 9.74. The predicted octanol–water partition coefficient (Wildman–Crippen LogP) is 14.5. The summed E-state index contributed by atoms with van der Waals surface area (Å²) in [4.78, 5) is 97.0. The first-order valence-electron chi connectivity index (χ1n) is 25.3. The van der Waals surface area contributed by atoms with E-state index in [2.05, 4.69) is 4.52 Å². The molecule has 3 atom stereocenters. The number of phosphoric acid groups is 2.